The van der Waals surface area contributed by atoms with E-state index in [9.17, 15) is 10.1 Å². The lowest BCUT2D eigenvalue weighted by Gasteiger charge is -2.20. The first-order chi connectivity index (χ1) is 11.6. The van der Waals surface area contributed by atoms with Crippen LogP contribution >= 0.6 is 0 Å². The Morgan fingerprint density at radius 2 is 2.33 bits per heavy atom. The highest BCUT2D eigenvalue weighted by Crippen LogP contribution is 2.26. The highest BCUT2D eigenvalue weighted by Gasteiger charge is 2.27. The van der Waals surface area contributed by atoms with Crippen molar-refractivity contribution in [2.24, 2.45) is 5.73 Å². The predicted molar refractivity (Wildman–Crippen MR) is 93.5 cm³/mol. The normalized spacial score (nSPS) is 18.4. The van der Waals surface area contributed by atoms with Crippen molar-refractivity contribution >= 4 is 22.6 Å². The highest BCUT2D eigenvalue weighted by molar-refractivity contribution is 5.83. The fourth-order valence-electron chi connectivity index (χ4n) is 2.99. The number of nitrogens with zero attached hydrogens (tertiary/aromatic N) is 3. The van der Waals surface area contributed by atoms with Gasteiger partial charge in [0, 0.05) is 24.5 Å². The van der Waals surface area contributed by atoms with Crippen LogP contribution in [0.25, 0.3) is 10.9 Å². The van der Waals surface area contributed by atoms with Crippen molar-refractivity contribution in [2.45, 2.75) is 31.8 Å². The summed E-state index contributed by atoms with van der Waals surface area (Å²) in [6.07, 6.45) is 1.44. The summed E-state index contributed by atoms with van der Waals surface area (Å²) in [7, 11) is 0. The molecule has 2 aromatic rings. The van der Waals surface area contributed by atoms with E-state index in [0.29, 0.717) is 24.3 Å². The Hall–Kier alpha value is -2.65. The maximum atomic E-state index is 11.9. The van der Waals surface area contributed by atoms with E-state index in [4.69, 9.17) is 5.73 Å². The molecule has 1 saturated heterocycles. The van der Waals surface area contributed by atoms with Gasteiger partial charge in [-0.3, -0.25) is 4.79 Å². The van der Waals surface area contributed by atoms with E-state index < -0.39 is 6.04 Å². The van der Waals surface area contributed by atoms with Gasteiger partial charge in [-0.05, 0) is 25.0 Å². The van der Waals surface area contributed by atoms with Gasteiger partial charge >= 0.3 is 0 Å². The number of benzene rings is 1. The first-order valence-electron chi connectivity index (χ1n) is 8.23. The predicted octanol–water partition coefficient (Wildman–Crippen LogP) is 1.54. The Labute approximate surface area is 141 Å². The largest absolute Gasteiger partial charge is 0.353 e. The summed E-state index contributed by atoms with van der Waals surface area (Å²) in [6, 6.07) is 11.4. The third-order valence-corrected chi connectivity index (χ3v) is 4.44. The number of hydrogen-bond donors (Lipinski definition) is 2. The summed E-state index contributed by atoms with van der Waals surface area (Å²) < 4.78 is 0. The minimum atomic E-state index is -0.465. The van der Waals surface area contributed by atoms with E-state index in [1.54, 1.807) is 0 Å². The zero-order valence-electron chi connectivity index (χ0n) is 13.7. The number of hydrogen-bond acceptors (Lipinski definition) is 5. The standard InChI is InChI=1S/C18H21N5O/c1-2-15(20)18(24)21-14-7-8-23(11-14)17-13(10-19)9-12-5-3-4-6-16(12)22-17/h3-6,9,14-15H,2,7-8,11,20H2,1H3,(H,21,24)/t14-,15-/m0/s1. The number of anilines is 1. The number of nitrogens with two attached hydrogens (primary N) is 1. The number of aromatic nitrogens is 1. The lowest BCUT2D eigenvalue weighted by atomic mass is 10.1. The zero-order chi connectivity index (χ0) is 17.1. The Balaban J connectivity index is 1.79. The molecule has 1 aliphatic heterocycles. The summed E-state index contributed by atoms with van der Waals surface area (Å²) in [4.78, 5) is 18.7. The molecule has 1 fully saturated rings. The third-order valence-electron chi connectivity index (χ3n) is 4.44. The number of amides is 1. The van der Waals surface area contributed by atoms with Gasteiger partial charge in [0.2, 0.25) is 5.91 Å². The average Bonchev–Trinajstić information content (AvgIpc) is 3.07. The topological polar surface area (TPSA) is 95.0 Å². The van der Waals surface area contributed by atoms with Crippen molar-refractivity contribution in [1.29, 1.82) is 5.26 Å². The molecule has 6 heteroatoms. The summed E-state index contributed by atoms with van der Waals surface area (Å²) in [6.45, 7) is 3.29. The van der Waals surface area contributed by atoms with Crippen LogP contribution in [0.15, 0.2) is 30.3 Å². The van der Waals surface area contributed by atoms with E-state index in [-0.39, 0.29) is 11.9 Å². The number of fused-ring (bicyclic) bond motifs is 1. The molecule has 2 atom stereocenters. The van der Waals surface area contributed by atoms with Crippen LogP contribution < -0.4 is 16.0 Å². The van der Waals surface area contributed by atoms with Gasteiger partial charge in [0.1, 0.15) is 11.9 Å². The minimum absolute atomic E-state index is 0.0370. The van der Waals surface area contributed by atoms with Gasteiger partial charge in [-0.25, -0.2) is 4.98 Å². The zero-order valence-corrected chi connectivity index (χ0v) is 13.7. The van der Waals surface area contributed by atoms with Gasteiger partial charge in [0.15, 0.2) is 0 Å². The molecule has 0 spiro atoms. The molecule has 1 aromatic heterocycles. The Morgan fingerprint density at radius 3 is 3.08 bits per heavy atom. The second kappa shape index (κ2) is 6.85. The number of carbonyl (C=O) groups is 1. The van der Waals surface area contributed by atoms with Crippen molar-refractivity contribution in [3.05, 3.63) is 35.9 Å². The molecule has 3 N–H and O–H groups in total. The molecule has 1 amide bonds. The van der Waals surface area contributed by atoms with Gasteiger partial charge in [0.05, 0.1) is 17.1 Å². The van der Waals surface area contributed by atoms with Gasteiger partial charge in [-0.2, -0.15) is 5.26 Å². The summed E-state index contributed by atoms with van der Waals surface area (Å²) in [5.74, 6) is 0.573. The number of rotatable bonds is 4. The molecule has 24 heavy (non-hydrogen) atoms. The van der Waals surface area contributed by atoms with Crippen LogP contribution in [-0.2, 0) is 4.79 Å². The molecular weight excluding hydrogens is 302 g/mol. The fraction of sp³-hybridized carbons (Fsp3) is 0.389. The molecule has 1 aromatic carbocycles. The van der Waals surface area contributed by atoms with E-state index in [1.807, 2.05) is 37.3 Å². The average molecular weight is 323 g/mol. The van der Waals surface area contributed by atoms with Crippen molar-refractivity contribution < 1.29 is 4.79 Å². The van der Waals surface area contributed by atoms with Crippen molar-refractivity contribution in [3.8, 4) is 6.07 Å². The lowest BCUT2D eigenvalue weighted by Crippen LogP contribution is -2.46. The molecule has 124 valence electrons. The molecule has 2 heterocycles. The molecule has 1 aliphatic rings. The number of nitriles is 1. The number of para-hydroxylation sites is 1. The minimum Gasteiger partial charge on any atom is -0.353 e. The molecular formula is C18H21N5O. The second-order valence-corrected chi connectivity index (χ2v) is 6.12. The van der Waals surface area contributed by atoms with E-state index in [1.165, 1.54) is 0 Å². The quantitative estimate of drug-likeness (QED) is 0.890. The van der Waals surface area contributed by atoms with Crippen molar-refractivity contribution in [1.82, 2.24) is 10.3 Å². The number of pyridine rings is 1. The lowest BCUT2D eigenvalue weighted by molar-refractivity contribution is -0.123. The maximum absolute atomic E-state index is 11.9. The van der Waals surface area contributed by atoms with E-state index >= 15 is 0 Å². The van der Waals surface area contributed by atoms with Crippen LogP contribution in [-0.4, -0.2) is 36.1 Å². The molecule has 0 saturated carbocycles. The van der Waals surface area contributed by atoms with Crippen LogP contribution in [0.4, 0.5) is 5.82 Å². The van der Waals surface area contributed by atoms with E-state index in [0.717, 1.165) is 23.9 Å². The molecule has 0 unspecified atom stereocenters. The SMILES string of the molecule is CC[C@H](N)C(=O)N[C@H]1CCN(c2nc3ccccc3cc2C#N)C1. The van der Waals surface area contributed by atoms with Crippen molar-refractivity contribution in [2.75, 3.05) is 18.0 Å². The van der Waals surface area contributed by atoms with Gasteiger partial charge in [-0.1, -0.05) is 25.1 Å². The summed E-state index contributed by atoms with van der Waals surface area (Å²) in [5.41, 5.74) is 7.20. The maximum Gasteiger partial charge on any atom is 0.237 e. The smallest absolute Gasteiger partial charge is 0.237 e. The first-order valence-corrected chi connectivity index (χ1v) is 8.23. The highest BCUT2D eigenvalue weighted by atomic mass is 16.2. The van der Waals surface area contributed by atoms with Crippen LogP contribution in [0.1, 0.15) is 25.3 Å². The third kappa shape index (κ3) is 3.17. The van der Waals surface area contributed by atoms with Gasteiger partial charge in [0.25, 0.3) is 0 Å². The molecule has 0 bridgehead atoms. The summed E-state index contributed by atoms with van der Waals surface area (Å²) >= 11 is 0. The molecule has 0 aliphatic carbocycles. The second-order valence-electron chi connectivity index (χ2n) is 6.12. The number of carbonyl (C=O) groups excluding carboxylic acids is 1. The van der Waals surface area contributed by atoms with Crippen LogP contribution in [0.3, 0.4) is 0 Å². The Kier molecular flexibility index (Phi) is 4.63. The van der Waals surface area contributed by atoms with E-state index in [2.05, 4.69) is 21.3 Å². The Bertz CT molecular complexity index is 798. The van der Waals surface area contributed by atoms with Gasteiger partial charge < -0.3 is 16.0 Å². The van der Waals surface area contributed by atoms with Crippen LogP contribution in [0.5, 0.6) is 0 Å². The van der Waals surface area contributed by atoms with Crippen LogP contribution in [0.2, 0.25) is 0 Å². The van der Waals surface area contributed by atoms with Gasteiger partial charge in [-0.15, -0.1) is 0 Å². The fourth-order valence-corrected chi connectivity index (χ4v) is 2.99. The molecule has 3 rings (SSSR count). The monoisotopic (exact) mass is 323 g/mol. The molecule has 0 radical (unpaired) electrons. The summed E-state index contributed by atoms with van der Waals surface area (Å²) in [5, 5.41) is 13.4. The van der Waals surface area contributed by atoms with Crippen molar-refractivity contribution in [3.63, 3.8) is 0 Å². The Morgan fingerprint density at radius 1 is 1.54 bits per heavy atom. The molecule has 6 nitrogen and oxygen atoms in total. The first kappa shape index (κ1) is 16.2. The number of nitrogens with one attached hydrogen (secondary N) is 1. The van der Waals surface area contributed by atoms with Crippen LogP contribution in [0, 0.1) is 11.3 Å².